The quantitative estimate of drug-likeness (QED) is 0.938. The highest BCUT2D eigenvalue weighted by atomic mass is 35.5. The van der Waals surface area contributed by atoms with Crippen LogP contribution in [0.5, 0.6) is 0 Å². The van der Waals surface area contributed by atoms with Crippen LogP contribution in [-0.4, -0.2) is 37.0 Å². The fourth-order valence-corrected chi connectivity index (χ4v) is 3.86. The summed E-state index contributed by atoms with van der Waals surface area (Å²) in [5.74, 6) is 1.69. The van der Waals surface area contributed by atoms with Crippen LogP contribution in [0.25, 0.3) is 10.8 Å². The topological polar surface area (TPSA) is 32.3 Å². The number of amides is 1. The van der Waals surface area contributed by atoms with Gasteiger partial charge in [-0.3, -0.25) is 4.79 Å². The summed E-state index contributed by atoms with van der Waals surface area (Å²) in [5, 5.41) is 5.94. The summed E-state index contributed by atoms with van der Waals surface area (Å²) < 4.78 is 0. The molecule has 2 aliphatic heterocycles. The minimum Gasteiger partial charge on any atom is -0.342 e. The first-order chi connectivity index (χ1) is 10.8. The smallest absolute Gasteiger partial charge is 0.222 e. The maximum absolute atomic E-state index is 12.4. The maximum Gasteiger partial charge on any atom is 0.222 e. The molecule has 0 spiro atoms. The fraction of sp³-hybridized carbons (Fsp3) is 0.421. The van der Waals surface area contributed by atoms with Gasteiger partial charge in [0.05, 0.1) is 0 Å². The molecule has 3 nitrogen and oxygen atoms in total. The first-order valence-electron chi connectivity index (χ1n) is 8.26. The molecule has 2 heterocycles. The molecule has 2 aromatic carbocycles. The lowest BCUT2D eigenvalue weighted by molar-refractivity contribution is -0.130. The largest absolute Gasteiger partial charge is 0.342 e. The highest BCUT2D eigenvalue weighted by Crippen LogP contribution is 2.27. The third-order valence-electron chi connectivity index (χ3n) is 5.18. The summed E-state index contributed by atoms with van der Waals surface area (Å²) in [5.41, 5.74) is 1.26. The van der Waals surface area contributed by atoms with Gasteiger partial charge in [-0.15, -0.1) is 12.4 Å². The predicted molar refractivity (Wildman–Crippen MR) is 95.9 cm³/mol. The van der Waals surface area contributed by atoms with Crippen LogP contribution >= 0.6 is 12.4 Å². The first-order valence-corrected chi connectivity index (χ1v) is 8.26. The lowest BCUT2D eigenvalue weighted by Crippen LogP contribution is -2.31. The van der Waals surface area contributed by atoms with E-state index >= 15 is 0 Å². The van der Waals surface area contributed by atoms with Gasteiger partial charge in [-0.2, -0.15) is 0 Å². The number of fused-ring (bicyclic) bond motifs is 2. The lowest BCUT2D eigenvalue weighted by Gasteiger charge is -2.17. The van der Waals surface area contributed by atoms with Crippen molar-refractivity contribution in [1.82, 2.24) is 10.2 Å². The maximum atomic E-state index is 12.4. The molecule has 2 fully saturated rings. The molecule has 0 aromatic heterocycles. The number of aryl methyl sites for hydroxylation is 1. The van der Waals surface area contributed by atoms with Crippen LogP contribution in [0.1, 0.15) is 12.0 Å². The van der Waals surface area contributed by atoms with Gasteiger partial charge in [-0.05, 0) is 34.6 Å². The SMILES string of the molecule is Cl.O=C(CCc1ccc2ccccc2c1)N1C[C@H]2CNC[C@H]2C1. The average Bonchev–Trinajstić information content (AvgIpc) is 3.14. The van der Waals surface area contributed by atoms with Crippen molar-refractivity contribution in [3.05, 3.63) is 48.0 Å². The standard InChI is InChI=1S/C19H22N2O.ClH/c22-19(21-12-17-10-20-11-18(17)13-21)8-6-14-5-7-15-3-1-2-4-16(15)9-14;/h1-5,7,9,17-18,20H,6,8,10-13H2;1H/t17-,18+;. The van der Waals surface area contributed by atoms with E-state index in [4.69, 9.17) is 0 Å². The number of rotatable bonds is 3. The summed E-state index contributed by atoms with van der Waals surface area (Å²) >= 11 is 0. The second kappa shape index (κ2) is 6.90. The van der Waals surface area contributed by atoms with Crippen LogP contribution < -0.4 is 5.32 Å². The van der Waals surface area contributed by atoms with Gasteiger partial charge >= 0.3 is 0 Å². The summed E-state index contributed by atoms with van der Waals surface area (Å²) in [4.78, 5) is 14.5. The Morgan fingerprint density at radius 1 is 1.04 bits per heavy atom. The number of halogens is 1. The zero-order valence-electron chi connectivity index (χ0n) is 13.2. The Labute approximate surface area is 143 Å². The Balaban J connectivity index is 0.00000156. The number of carbonyl (C=O) groups excluding carboxylic acids is 1. The molecular formula is C19H23ClN2O. The van der Waals surface area contributed by atoms with Gasteiger partial charge in [-0.25, -0.2) is 0 Å². The van der Waals surface area contributed by atoms with Crippen LogP contribution in [0.2, 0.25) is 0 Å². The van der Waals surface area contributed by atoms with Crippen LogP contribution in [-0.2, 0) is 11.2 Å². The second-order valence-corrected chi connectivity index (χ2v) is 6.66. The molecule has 0 aliphatic carbocycles. The molecule has 2 saturated heterocycles. The van der Waals surface area contributed by atoms with Crippen molar-refractivity contribution in [2.75, 3.05) is 26.2 Å². The molecule has 0 bridgehead atoms. The van der Waals surface area contributed by atoms with Crippen LogP contribution in [0, 0.1) is 11.8 Å². The Morgan fingerprint density at radius 3 is 2.48 bits per heavy atom. The molecule has 2 aliphatic rings. The molecule has 1 N–H and O–H groups in total. The zero-order chi connectivity index (χ0) is 14.9. The second-order valence-electron chi connectivity index (χ2n) is 6.66. The third kappa shape index (κ3) is 3.36. The van der Waals surface area contributed by atoms with Crippen LogP contribution in [0.4, 0.5) is 0 Å². The molecule has 0 saturated carbocycles. The van der Waals surface area contributed by atoms with Crippen molar-refractivity contribution >= 4 is 29.1 Å². The van der Waals surface area contributed by atoms with E-state index in [0.29, 0.717) is 24.2 Å². The van der Waals surface area contributed by atoms with Crippen molar-refractivity contribution in [3.8, 4) is 0 Å². The van der Waals surface area contributed by atoms with Crippen LogP contribution in [0.15, 0.2) is 42.5 Å². The lowest BCUT2D eigenvalue weighted by atomic mass is 10.0. The minimum absolute atomic E-state index is 0. The zero-order valence-corrected chi connectivity index (χ0v) is 14.0. The molecular weight excluding hydrogens is 308 g/mol. The Morgan fingerprint density at radius 2 is 1.74 bits per heavy atom. The summed E-state index contributed by atoms with van der Waals surface area (Å²) in [7, 11) is 0. The molecule has 122 valence electrons. The third-order valence-corrected chi connectivity index (χ3v) is 5.18. The molecule has 4 heteroatoms. The number of benzene rings is 2. The van der Waals surface area contributed by atoms with Crippen molar-refractivity contribution in [2.45, 2.75) is 12.8 Å². The van der Waals surface area contributed by atoms with E-state index in [1.165, 1.54) is 16.3 Å². The van der Waals surface area contributed by atoms with E-state index in [1.54, 1.807) is 0 Å². The van der Waals surface area contributed by atoms with Crippen molar-refractivity contribution in [3.63, 3.8) is 0 Å². The number of hydrogen-bond donors (Lipinski definition) is 1. The van der Waals surface area contributed by atoms with Crippen molar-refractivity contribution in [1.29, 1.82) is 0 Å². The van der Waals surface area contributed by atoms with Gasteiger partial charge in [0.25, 0.3) is 0 Å². The molecule has 4 rings (SSSR count). The summed E-state index contributed by atoms with van der Waals surface area (Å²) in [6.45, 7) is 4.07. The average molecular weight is 331 g/mol. The van der Waals surface area contributed by atoms with E-state index in [2.05, 4.69) is 52.7 Å². The van der Waals surface area contributed by atoms with E-state index in [-0.39, 0.29) is 12.4 Å². The normalized spacial score (nSPS) is 22.9. The predicted octanol–water partition coefficient (Wildman–Crippen LogP) is 2.87. The van der Waals surface area contributed by atoms with Crippen LogP contribution in [0.3, 0.4) is 0 Å². The van der Waals surface area contributed by atoms with Gasteiger partial charge in [-0.1, -0.05) is 42.5 Å². The number of hydrogen-bond acceptors (Lipinski definition) is 2. The molecule has 23 heavy (non-hydrogen) atoms. The van der Waals surface area contributed by atoms with E-state index in [9.17, 15) is 4.79 Å². The molecule has 2 aromatic rings. The van der Waals surface area contributed by atoms with Crippen molar-refractivity contribution in [2.24, 2.45) is 11.8 Å². The Hall–Kier alpha value is -1.58. The summed E-state index contributed by atoms with van der Waals surface area (Å²) in [6, 6.07) is 14.9. The van der Waals surface area contributed by atoms with E-state index < -0.39 is 0 Å². The van der Waals surface area contributed by atoms with Gasteiger partial charge in [0.15, 0.2) is 0 Å². The minimum atomic E-state index is 0. The summed E-state index contributed by atoms with van der Waals surface area (Å²) in [6.07, 6.45) is 1.47. The van der Waals surface area contributed by atoms with Gasteiger partial charge in [0.2, 0.25) is 5.91 Å². The number of carbonyl (C=O) groups is 1. The first kappa shape index (κ1) is 16.3. The van der Waals surface area contributed by atoms with E-state index in [0.717, 1.165) is 32.6 Å². The monoisotopic (exact) mass is 330 g/mol. The Kier molecular flexibility index (Phi) is 4.88. The van der Waals surface area contributed by atoms with Gasteiger partial charge in [0.1, 0.15) is 0 Å². The Bertz CT molecular complexity index is 691. The highest BCUT2D eigenvalue weighted by Gasteiger charge is 2.37. The molecule has 0 radical (unpaired) electrons. The highest BCUT2D eigenvalue weighted by molar-refractivity contribution is 5.85. The number of likely N-dealkylation sites (tertiary alicyclic amines) is 1. The van der Waals surface area contributed by atoms with Gasteiger partial charge in [0, 0.05) is 32.6 Å². The molecule has 0 unspecified atom stereocenters. The van der Waals surface area contributed by atoms with Gasteiger partial charge < -0.3 is 10.2 Å². The van der Waals surface area contributed by atoms with E-state index in [1.807, 2.05) is 0 Å². The molecule has 2 atom stereocenters. The number of nitrogens with zero attached hydrogens (tertiary/aromatic N) is 1. The fourth-order valence-electron chi connectivity index (χ4n) is 3.86. The van der Waals surface area contributed by atoms with Crippen molar-refractivity contribution < 1.29 is 4.79 Å². The molecule has 1 amide bonds. The number of nitrogens with one attached hydrogen (secondary N) is 1.